The van der Waals surface area contributed by atoms with Gasteiger partial charge in [-0.2, -0.15) is 0 Å². The highest BCUT2D eigenvalue weighted by Crippen LogP contribution is 2.06. The van der Waals surface area contributed by atoms with Crippen molar-refractivity contribution in [2.75, 3.05) is 19.8 Å². The van der Waals surface area contributed by atoms with Crippen LogP contribution in [0, 0.1) is 0 Å². The zero-order valence-corrected chi connectivity index (χ0v) is 10.1. The van der Waals surface area contributed by atoms with E-state index in [4.69, 9.17) is 14.6 Å². The fourth-order valence-corrected chi connectivity index (χ4v) is 1.78. The SMILES string of the molecule is O=C(NCc1cccc(CO)c1)C1COCCO1. The molecule has 0 spiro atoms. The van der Waals surface area contributed by atoms with Crippen molar-refractivity contribution >= 4 is 5.91 Å². The van der Waals surface area contributed by atoms with Gasteiger partial charge in [0.2, 0.25) is 0 Å². The van der Waals surface area contributed by atoms with Crippen molar-refractivity contribution in [1.82, 2.24) is 5.32 Å². The Kier molecular flexibility index (Phi) is 4.69. The summed E-state index contributed by atoms with van der Waals surface area (Å²) in [7, 11) is 0. The van der Waals surface area contributed by atoms with Crippen LogP contribution in [-0.2, 0) is 27.4 Å². The van der Waals surface area contributed by atoms with Gasteiger partial charge in [-0.05, 0) is 11.1 Å². The zero-order chi connectivity index (χ0) is 12.8. The lowest BCUT2D eigenvalue weighted by molar-refractivity contribution is -0.147. The maximum atomic E-state index is 11.8. The molecule has 1 aromatic rings. The minimum atomic E-state index is -0.514. The second-order valence-electron chi connectivity index (χ2n) is 4.13. The van der Waals surface area contributed by atoms with Gasteiger partial charge in [-0.3, -0.25) is 4.79 Å². The van der Waals surface area contributed by atoms with E-state index in [1.54, 1.807) is 0 Å². The van der Waals surface area contributed by atoms with Gasteiger partial charge in [0.25, 0.3) is 5.91 Å². The highest BCUT2D eigenvalue weighted by atomic mass is 16.6. The predicted molar refractivity (Wildman–Crippen MR) is 64.8 cm³/mol. The van der Waals surface area contributed by atoms with Gasteiger partial charge in [-0.1, -0.05) is 24.3 Å². The van der Waals surface area contributed by atoms with Crippen LogP contribution >= 0.6 is 0 Å². The second-order valence-corrected chi connectivity index (χ2v) is 4.13. The molecule has 1 aliphatic heterocycles. The Labute approximate surface area is 106 Å². The van der Waals surface area contributed by atoms with Gasteiger partial charge in [-0.15, -0.1) is 0 Å². The van der Waals surface area contributed by atoms with Crippen LogP contribution in [0.15, 0.2) is 24.3 Å². The smallest absolute Gasteiger partial charge is 0.251 e. The second kappa shape index (κ2) is 6.49. The van der Waals surface area contributed by atoms with Crippen molar-refractivity contribution < 1.29 is 19.4 Å². The molecule has 2 rings (SSSR count). The maximum Gasteiger partial charge on any atom is 0.251 e. The first-order chi connectivity index (χ1) is 8.79. The van der Waals surface area contributed by atoms with E-state index in [9.17, 15) is 4.79 Å². The first-order valence-electron chi connectivity index (χ1n) is 5.95. The molecule has 1 aromatic carbocycles. The van der Waals surface area contributed by atoms with Gasteiger partial charge in [0, 0.05) is 6.54 Å². The number of hydrogen-bond donors (Lipinski definition) is 2. The van der Waals surface area contributed by atoms with Crippen LogP contribution in [0.25, 0.3) is 0 Å². The summed E-state index contributed by atoms with van der Waals surface area (Å²) in [5.74, 6) is -0.163. The van der Waals surface area contributed by atoms with Crippen LogP contribution in [0.3, 0.4) is 0 Å². The first-order valence-corrected chi connectivity index (χ1v) is 5.95. The molecule has 0 bridgehead atoms. The quantitative estimate of drug-likeness (QED) is 0.802. The molecule has 1 heterocycles. The fourth-order valence-electron chi connectivity index (χ4n) is 1.78. The van der Waals surface area contributed by atoms with E-state index >= 15 is 0 Å². The molecule has 0 radical (unpaired) electrons. The number of aliphatic hydroxyl groups is 1. The molecule has 1 atom stereocenters. The molecule has 1 amide bonds. The normalized spacial score (nSPS) is 19.5. The van der Waals surface area contributed by atoms with Crippen molar-refractivity contribution in [3.8, 4) is 0 Å². The van der Waals surface area contributed by atoms with Crippen LogP contribution < -0.4 is 5.32 Å². The standard InChI is InChI=1S/C13H17NO4/c15-8-11-3-1-2-10(6-11)7-14-13(16)12-9-17-4-5-18-12/h1-3,6,12,15H,4-5,7-9H2,(H,14,16). The van der Waals surface area contributed by atoms with E-state index in [0.29, 0.717) is 26.4 Å². The van der Waals surface area contributed by atoms with Crippen LogP contribution in [0.4, 0.5) is 0 Å². The topological polar surface area (TPSA) is 67.8 Å². The third-order valence-corrected chi connectivity index (χ3v) is 2.75. The van der Waals surface area contributed by atoms with Crippen molar-refractivity contribution in [2.45, 2.75) is 19.3 Å². The summed E-state index contributed by atoms with van der Waals surface area (Å²) in [6.07, 6.45) is -0.514. The number of carbonyl (C=O) groups is 1. The predicted octanol–water partition coefficient (Wildman–Crippen LogP) is 0.210. The number of amides is 1. The number of carbonyl (C=O) groups excluding carboxylic acids is 1. The summed E-state index contributed by atoms with van der Waals surface area (Å²) < 4.78 is 10.5. The third kappa shape index (κ3) is 3.53. The number of aliphatic hydroxyl groups excluding tert-OH is 1. The van der Waals surface area contributed by atoms with Gasteiger partial charge in [0.05, 0.1) is 26.4 Å². The molecule has 1 unspecified atom stereocenters. The summed E-state index contributed by atoms with van der Waals surface area (Å²) >= 11 is 0. The fraction of sp³-hybridized carbons (Fsp3) is 0.462. The first kappa shape index (κ1) is 13.0. The number of hydrogen-bond acceptors (Lipinski definition) is 4. The van der Waals surface area contributed by atoms with E-state index in [1.807, 2.05) is 24.3 Å². The average Bonchev–Trinajstić information content (AvgIpc) is 2.46. The minimum Gasteiger partial charge on any atom is -0.392 e. The molecule has 5 heteroatoms. The van der Waals surface area contributed by atoms with Crippen molar-refractivity contribution in [3.05, 3.63) is 35.4 Å². The van der Waals surface area contributed by atoms with Crippen LogP contribution in [0.2, 0.25) is 0 Å². The van der Waals surface area contributed by atoms with Gasteiger partial charge in [0.15, 0.2) is 6.10 Å². The van der Waals surface area contributed by atoms with E-state index in [1.165, 1.54) is 0 Å². The van der Waals surface area contributed by atoms with Crippen molar-refractivity contribution in [2.24, 2.45) is 0 Å². The largest absolute Gasteiger partial charge is 0.392 e. The molecule has 2 N–H and O–H groups in total. The number of ether oxygens (including phenoxy) is 2. The Morgan fingerprint density at radius 3 is 2.94 bits per heavy atom. The zero-order valence-electron chi connectivity index (χ0n) is 10.1. The monoisotopic (exact) mass is 251 g/mol. The van der Waals surface area contributed by atoms with Gasteiger partial charge in [0.1, 0.15) is 0 Å². The third-order valence-electron chi connectivity index (χ3n) is 2.75. The Balaban J connectivity index is 1.84. The van der Waals surface area contributed by atoms with Crippen molar-refractivity contribution in [1.29, 1.82) is 0 Å². The van der Waals surface area contributed by atoms with E-state index < -0.39 is 6.10 Å². The summed E-state index contributed by atoms with van der Waals surface area (Å²) in [6, 6.07) is 7.45. The van der Waals surface area contributed by atoms with Crippen LogP contribution in [0.1, 0.15) is 11.1 Å². The number of rotatable bonds is 4. The highest BCUT2D eigenvalue weighted by molar-refractivity contribution is 5.80. The summed E-state index contributed by atoms with van der Waals surface area (Å²) in [5.41, 5.74) is 1.78. The Morgan fingerprint density at radius 1 is 1.39 bits per heavy atom. The molecule has 5 nitrogen and oxygen atoms in total. The molecule has 1 aliphatic rings. The molecule has 18 heavy (non-hydrogen) atoms. The summed E-state index contributed by atoms with van der Waals surface area (Å²) in [4.78, 5) is 11.8. The number of nitrogens with one attached hydrogen (secondary N) is 1. The van der Waals surface area contributed by atoms with E-state index in [-0.39, 0.29) is 12.5 Å². The maximum absolute atomic E-state index is 11.8. The lowest BCUT2D eigenvalue weighted by Crippen LogP contribution is -2.42. The Morgan fingerprint density at radius 2 is 2.22 bits per heavy atom. The average molecular weight is 251 g/mol. The van der Waals surface area contributed by atoms with Crippen LogP contribution in [-0.4, -0.2) is 36.9 Å². The van der Waals surface area contributed by atoms with E-state index in [0.717, 1.165) is 11.1 Å². The Hall–Kier alpha value is -1.43. The molecule has 1 saturated heterocycles. The van der Waals surface area contributed by atoms with Crippen molar-refractivity contribution in [3.63, 3.8) is 0 Å². The molecule has 0 aromatic heterocycles. The minimum absolute atomic E-state index is 0.00135. The molecule has 0 saturated carbocycles. The molecule has 1 fully saturated rings. The van der Waals surface area contributed by atoms with Crippen LogP contribution in [0.5, 0.6) is 0 Å². The molecule has 98 valence electrons. The van der Waals surface area contributed by atoms with E-state index in [2.05, 4.69) is 5.32 Å². The highest BCUT2D eigenvalue weighted by Gasteiger charge is 2.21. The lowest BCUT2D eigenvalue weighted by Gasteiger charge is -2.22. The Bertz CT molecular complexity index is 402. The van der Waals surface area contributed by atoms with Gasteiger partial charge >= 0.3 is 0 Å². The lowest BCUT2D eigenvalue weighted by atomic mass is 10.1. The summed E-state index contributed by atoms with van der Waals surface area (Å²) in [5, 5.41) is 11.8. The molecular weight excluding hydrogens is 234 g/mol. The summed E-state index contributed by atoms with van der Waals surface area (Å²) in [6.45, 7) is 1.73. The van der Waals surface area contributed by atoms with Gasteiger partial charge < -0.3 is 19.9 Å². The molecule has 0 aliphatic carbocycles. The van der Waals surface area contributed by atoms with Gasteiger partial charge in [-0.25, -0.2) is 0 Å². The number of benzene rings is 1. The molecular formula is C13H17NO4.